The molecule has 1 saturated carbocycles. The number of rotatable bonds is 3. The average Bonchev–Trinajstić information content (AvgIpc) is 3.08. The fraction of sp³-hybridized carbons (Fsp3) is 0.407. The highest BCUT2D eigenvalue weighted by atomic mass is 16.5. The van der Waals surface area contributed by atoms with Gasteiger partial charge in [-0.25, -0.2) is 14.8 Å². The largest absolute Gasteiger partial charge is 0.465 e. The number of anilines is 1. The van der Waals surface area contributed by atoms with Crippen molar-refractivity contribution in [1.82, 2.24) is 9.97 Å². The predicted molar refractivity (Wildman–Crippen MR) is 127 cm³/mol. The summed E-state index contributed by atoms with van der Waals surface area (Å²) < 4.78 is 4.76. The van der Waals surface area contributed by atoms with Gasteiger partial charge in [0.1, 0.15) is 0 Å². The van der Waals surface area contributed by atoms with Crippen molar-refractivity contribution in [2.75, 3.05) is 12.4 Å². The molecular formula is C27H29N3O3. The van der Waals surface area contributed by atoms with Gasteiger partial charge >= 0.3 is 5.97 Å². The lowest BCUT2D eigenvalue weighted by Crippen LogP contribution is -2.48. The van der Waals surface area contributed by atoms with E-state index in [4.69, 9.17) is 14.7 Å². The third-order valence-corrected chi connectivity index (χ3v) is 8.60. The van der Waals surface area contributed by atoms with E-state index in [1.807, 2.05) is 0 Å². The molecule has 1 amide bonds. The summed E-state index contributed by atoms with van der Waals surface area (Å²) in [5.41, 5.74) is 5.52. The van der Waals surface area contributed by atoms with Gasteiger partial charge in [0.05, 0.1) is 40.5 Å². The third kappa shape index (κ3) is 2.66. The number of fused-ring (bicyclic) bond motifs is 6. The van der Waals surface area contributed by atoms with Gasteiger partial charge in [-0.15, -0.1) is 0 Å². The van der Waals surface area contributed by atoms with Gasteiger partial charge in [0.15, 0.2) is 0 Å². The minimum Gasteiger partial charge on any atom is -0.465 e. The Morgan fingerprint density at radius 1 is 0.909 bits per heavy atom. The zero-order valence-electron chi connectivity index (χ0n) is 20.0. The van der Waals surface area contributed by atoms with Crippen molar-refractivity contribution in [3.05, 3.63) is 64.5 Å². The van der Waals surface area contributed by atoms with Crippen molar-refractivity contribution >= 4 is 28.6 Å². The fourth-order valence-corrected chi connectivity index (χ4v) is 5.91. The van der Waals surface area contributed by atoms with Crippen LogP contribution in [0.25, 0.3) is 11.0 Å². The molecule has 2 aliphatic rings. The molecule has 33 heavy (non-hydrogen) atoms. The number of esters is 1. The van der Waals surface area contributed by atoms with Crippen LogP contribution in [0.15, 0.2) is 36.4 Å². The smallest absolute Gasteiger partial charge is 0.337 e. The first-order chi connectivity index (χ1) is 15.5. The van der Waals surface area contributed by atoms with Crippen molar-refractivity contribution in [2.45, 2.75) is 58.3 Å². The van der Waals surface area contributed by atoms with Crippen LogP contribution in [0.2, 0.25) is 0 Å². The number of hydrogen-bond acceptors (Lipinski definition) is 5. The number of ether oxygens (including phenoxy) is 1. The lowest BCUT2D eigenvalue weighted by molar-refractivity contribution is -0.125. The van der Waals surface area contributed by atoms with E-state index in [1.54, 1.807) is 24.3 Å². The molecule has 6 heteroatoms. The van der Waals surface area contributed by atoms with Crippen LogP contribution in [0.3, 0.4) is 0 Å². The van der Waals surface area contributed by atoms with Gasteiger partial charge in [-0.3, -0.25) is 4.79 Å². The highest BCUT2D eigenvalue weighted by molar-refractivity contribution is 6.02. The first-order valence-corrected chi connectivity index (χ1v) is 11.3. The van der Waals surface area contributed by atoms with Crippen molar-refractivity contribution < 1.29 is 14.3 Å². The summed E-state index contributed by atoms with van der Waals surface area (Å²) in [5.74, 6) is -0.477. The average molecular weight is 444 g/mol. The summed E-state index contributed by atoms with van der Waals surface area (Å²) >= 11 is 0. The van der Waals surface area contributed by atoms with Gasteiger partial charge in [-0.2, -0.15) is 0 Å². The number of aryl methyl sites for hydroxylation is 2. The number of amides is 1. The van der Waals surface area contributed by atoms with Gasteiger partial charge in [0.2, 0.25) is 5.91 Å². The SMILES string of the molecule is COC(=O)c1ccc(NC(=O)C23CCC(C)(c4nc5cc(C)c(C)cc5nc42)C3(C)C)cc1. The van der Waals surface area contributed by atoms with Crippen LogP contribution >= 0.6 is 0 Å². The molecule has 0 saturated heterocycles. The molecule has 1 fully saturated rings. The van der Waals surface area contributed by atoms with E-state index in [2.05, 4.69) is 52.1 Å². The molecule has 1 N–H and O–H groups in total. The van der Waals surface area contributed by atoms with Crippen molar-refractivity contribution in [3.63, 3.8) is 0 Å². The summed E-state index contributed by atoms with van der Waals surface area (Å²) in [6.07, 6.45) is 1.60. The van der Waals surface area contributed by atoms with E-state index < -0.39 is 11.4 Å². The van der Waals surface area contributed by atoms with Gasteiger partial charge in [0, 0.05) is 11.1 Å². The number of methoxy groups -OCH3 is 1. The summed E-state index contributed by atoms with van der Waals surface area (Å²) in [6, 6.07) is 10.9. The Bertz CT molecular complexity index is 1330. The van der Waals surface area contributed by atoms with E-state index in [9.17, 15) is 9.59 Å². The Morgan fingerprint density at radius 3 is 2.06 bits per heavy atom. The molecule has 3 aromatic rings. The van der Waals surface area contributed by atoms with E-state index in [0.717, 1.165) is 40.8 Å². The van der Waals surface area contributed by atoms with Crippen LogP contribution < -0.4 is 5.32 Å². The van der Waals surface area contributed by atoms with Crippen LogP contribution in [0.5, 0.6) is 0 Å². The normalized spacial score (nSPS) is 24.5. The maximum atomic E-state index is 14.0. The van der Waals surface area contributed by atoms with Gasteiger partial charge in [0.25, 0.3) is 0 Å². The van der Waals surface area contributed by atoms with Crippen LogP contribution in [-0.2, 0) is 20.4 Å². The van der Waals surface area contributed by atoms with E-state index in [0.29, 0.717) is 11.3 Å². The Labute approximate surface area is 193 Å². The molecular weight excluding hydrogens is 414 g/mol. The summed E-state index contributed by atoms with van der Waals surface area (Å²) in [4.78, 5) is 35.9. The first kappa shape index (κ1) is 21.6. The standard InChI is InChI=1S/C27H29N3O3/c1-15-13-19-20(14-16(15)2)30-22-21(29-19)26(5)11-12-27(22,25(26,3)4)24(32)28-18-9-7-17(8-10-18)23(31)33-6/h7-10,13-14H,11-12H2,1-6H3,(H,28,32). The number of hydrogen-bond donors (Lipinski definition) is 1. The van der Waals surface area contributed by atoms with E-state index in [-0.39, 0.29) is 16.7 Å². The second-order valence-corrected chi connectivity index (χ2v) is 10.2. The molecule has 0 radical (unpaired) electrons. The second-order valence-electron chi connectivity index (χ2n) is 10.2. The van der Waals surface area contributed by atoms with Crippen LogP contribution in [-0.4, -0.2) is 29.0 Å². The molecule has 2 atom stereocenters. The number of carbonyl (C=O) groups is 2. The molecule has 2 bridgehead atoms. The van der Waals surface area contributed by atoms with Gasteiger partial charge in [-0.1, -0.05) is 20.8 Å². The molecule has 5 rings (SSSR count). The number of nitrogens with one attached hydrogen (secondary N) is 1. The zero-order valence-corrected chi connectivity index (χ0v) is 20.0. The molecule has 170 valence electrons. The number of benzene rings is 2. The van der Waals surface area contributed by atoms with Crippen LogP contribution in [0.4, 0.5) is 5.69 Å². The maximum Gasteiger partial charge on any atom is 0.337 e. The summed E-state index contributed by atoms with van der Waals surface area (Å²) in [6.45, 7) is 10.7. The number of carbonyl (C=O) groups excluding carboxylic acids is 2. The molecule has 0 aliphatic heterocycles. The molecule has 2 unspecified atom stereocenters. The minimum absolute atomic E-state index is 0.0710. The van der Waals surface area contributed by atoms with Gasteiger partial charge < -0.3 is 10.1 Å². The maximum absolute atomic E-state index is 14.0. The monoisotopic (exact) mass is 443 g/mol. The molecule has 0 spiro atoms. The minimum atomic E-state index is -0.780. The topological polar surface area (TPSA) is 81.2 Å². The first-order valence-electron chi connectivity index (χ1n) is 11.3. The highest BCUT2D eigenvalue weighted by Gasteiger charge is 2.73. The molecule has 2 aromatic carbocycles. The lowest BCUT2D eigenvalue weighted by Gasteiger charge is -2.39. The van der Waals surface area contributed by atoms with Crippen LogP contribution in [0.1, 0.15) is 66.5 Å². The predicted octanol–water partition coefficient (Wildman–Crippen LogP) is 5.00. The Hall–Kier alpha value is -3.28. The Kier molecular flexibility index (Phi) is 4.48. The fourth-order valence-electron chi connectivity index (χ4n) is 5.91. The zero-order chi connectivity index (χ0) is 23.8. The Morgan fingerprint density at radius 2 is 1.48 bits per heavy atom. The summed E-state index contributed by atoms with van der Waals surface area (Å²) in [7, 11) is 1.35. The molecule has 1 aromatic heterocycles. The lowest BCUT2D eigenvalue weighted by atomic mass is 9.63. The Balaban J connectivity index is 1.61. The number of aromatic nitrogens is 2. The second kappa shape index (κ2) is 6.86. The molecule has 2 aliphatic carbocycles. The van der Waals surface area contributed by atoms with E-state index >= 15 is 0 Å². The molecule has 6 nitrogen and oxygen atoms in total. The molecule has 1 heterocycles. The summed E-state index contributed by atoms with van der Waals surface area (Å²) in [5, 5.41) is 3.11. The van der Waals surface area contributed by atoms with Gasteiger partial charge in [-0.05, 0) is 79.6 Å². The van der Waals surface area contributed by atoms with Crippen molar-refractivity contribution in [3.8, 4) is 0 Å². The van der Waals surface area contributed by atoms with Crippen molar-refractivity contribution in [2.24, 2.45) is 5.41 Å². The quantitative estimate of drug-likeness (QED) is 0.576. The van der Waals surface area contributed by atoms with Crippen LogP contribution in [0, 0.1) is 19.3 Å². The highest BCUT2D eigenvalue weighted by Crippen LogP contribution is 2.70. The van der Waals surface area contributed by atoms with E-state index in [1.165, 1.54) is 12.7 Å². The van der Waals surface area contributed by atoms with Crippen molar-refractivity contribution in [1.29, 1.82) is 0 Å². The third-order valence-electron chi connectivity index (χ3n) is 8.60. The number of nitrogens with zero attached hydrogens (tertiary/aromatic N) is 2.